The molecule has 3 unspecified atom stereocenters. The monoisotopic (exact) mass is 287 g/mol. The van der Waals surface area contributed by atoms with Gasteiger partial charge >= 0.3 is 5.97 Å². The number of rotatable bonds is 3. The van der Waals surface area contributed by atoms with Crippen LogP contribution in [0.1, 0.15) is 60.9 Å². The molecular weight excluding hydrogens is 262 g/mol. The van der Waals surface area contributed by atoms with E-state index in [1.165, 1.54) is 44.9 Å². The van der Waals surface area contributed by atoms with Gasteiger partial charge in [0.15, 0.2) is 0 Å². The SMILES string of the molecule is Cc1c(NC2CCC3CCCCC3C2)cccc1C(=O)O. The van der Waals surface area contributed by atoms with E-state index in [0.29, 0.717) is 11.6 Å². The Morgan fingerprint density at radius 3 is 2.67 bits per heavy atom. The fourth-order valence-electron chi connectivity index (χ4n) is 4.25. The average Bonchev–Trinajstić information content (AvgIpc) is 2.49. The Bertz CT molecular complexity index is 526. The summed E-state index contributed by atoms with van der Waals surface area (Å²) in [6.07, 6.45) is 9.42. The van der Waals surface area contributed by atoms with Crippen LogP contribution in [0.4, 0.5) is 5.69 Å². The highest BCUT2D eigenvalue weighted by Crippen LogP contribution is 2.41. The maximum absolute atomic E-state index is 11.2. The van der Waals surface area contributed by atoms with Gasteiger partial charge < -0.3 is 10.4 Å². The third kappa shape index (κ3) is 3.07. The number of benzene rings is 1. The first-order chi connectivity index (χ1) is 10.1. The van der Waals surface area contributed by atoms with E-state index in [1.807, 2.05) is 19.1 Å². The number of fused-ring (bicyclic) bond motifs is 1. The molecule has 0 aromatic heterocycles. The summed E-state index contributed by atoms with van der Waals surface area (Å²) in [4.78, 5) is 11.2. The second kappa shape index (κ2) is 6.08. The predicted molar refractivity (Wildman–Crippen MR) is 84.8 cm³/mol. The molecule has 2 aliphatic carbocycles. The van der Waals surface area contributed by atoms with Crippen LogP contribution in [0.15, 0.2) is 18.2 Å². The van der Waals surface area contributed by atoms with Crippen LogP contribution >= 0.6 is 0 Å². The summed E-state index contributed by atoms with van der Waals surface area (Å²) in [7, 11) is 0. The highest BCUT2D eigenvalue weighted by molar-refractivity contribution is 5.91. The lowest BCUT2D eigenvalue weighted by Crippen LogP contribution is -2.34. The number of aromatic carboxylic acids is 1. The minimum Gasteiger partial charge on any atom is -0.478 e. The Hall–Kier alpha value is -1.51. The van der Waals surface area contributed by atoms with Crippen molar-refractivity contribution < 1.29 is 9.90 Å². The van der Waals surface area contributed by atoms with Gasteiger partial charge in [-0.15, -0.1) is 0 Å². The van der Waals surface area contributed by atoms with Gasteiger partial charge in [0.1, 0.15) is 0 Å². The molecule has 0 heterocycles. The summed E-state index contributed by atoms with van der Waals surface area (Å²) in [5.74, 6) is 0.989. The van der Waals surface area contributed by atoms with E-state index < -0.39 is 5.97 Å². The molecule has 114 valence electrons. The molecule has 3 heteroatoms. The first-order valence-corrected chi connectivity index (χ1v) is 8.24. The van der Waals surface area contributed by atoms with Crippen LogP contribution in [0.5, 0.6) is 0 Å². The summed E-state index contributed by atoms with van der Waals surface area (Å²) in [5.41, 5.74) is 2.26. The van der Waals surface area contributed by atoms with E-state index >= 15 is 0 Å². The van der Waals surface area contributed by atoms with E-state index in [1.54, 1.807) is 6.07 Å². The molecule has 1 aromatic carbocycles. The zero-order chi connectivity index (χ0) is 14.8. The molecule has 2 N–H and O–H groups in total. The van der Waals surface area contributed by atoms with Crippen molar-refractivity contribution in [2.45, 2.75) is 57.9 Å². The van der Waals surface area contributed by atoms with Gasteiger partial charge in [0, 0.05) is 11.7 Å². The summed E-state index contributed by atoms with van der Waals surface area (Å²) >= 11 is 0. The van der Waals surface area contributed by atoms with Gasteiger partial charge in [-0.05, 0) is 55.7 Å². The second-order valence-electron chi connectivity index (χ2n) is 6.74. The quantitative estimate of drug-likeness (QED) is 0.862. The lowest BCUT2D eigenvalue weighted by Gasteiger charge is -2.40. The predicted octanol–water partition coefficient (Wildman–Crippen LogP) is 4.46. The zero-order valence-electron chi connectivity index (χ0n) is 12.8. The lowest BCUT2D eigenvalue weighted by molar-refractivity contribution is 0.0696. The van der Waals surface area contributed by atoms with Gasteiger partial charge in [-0.2, -0.15) is 0 Å². The Labute approximate surface area is 126 Å². The number of carboxylic acids is 1. The third-order valence-corrected chi connectivity index (χ3v) is 5.46. The molecule has 3 atom stereocenters. The standard InChI is InChI=1S/C18H25NO2/c1-12-16(18(20)21)7-4-8-17(12)19-15-10-9-13-5-2-3-6-14(13)11-15/h4,7-8,13-15,19H,2-3,5-6,9-11H2,1H3,(H,20,21). The van der Waals surface area contributed by atoms with Gasteiger partial charge in [-0.1, -0.05) is 31.7 Å². The van der Waals surface area contributed by atoms with Crippen LogP contribution in [0.25, 0.3) is 0 Å². The summed E-state index contributed by atoms with van der Waals surface area (Å²) < 4.78 is 0. The minimum atomic E-state index is -0.841. The number of anilines is 1. The van der Waals surface area contributed by atoms with Crippen molar-refractivity contribution in [3.05, 3.63) is 29.3 Å². The van der Waals surface area contributed by atoms with Crippen molar-refractivity contribution in [3.8, 4) is 0 Å². The average molecular weight is 287 g/mol. The molecule has 0 amide bonds. The topological polar surface area (TPSA) is 49.3 Å². The first-order valence-electron chi connectivity index (χ1n) is 8.24. The summed E-state index contributed by atoms with van der Waals surface area (Å²) in [5, 5.41) is 12.8. The summed E-state index contributed by atoms with van der Waals surface area (Å²) in [6, 6.07) is 6.03. The van der Waals surface area contributed by atoms with E-state index in [4.69, 9.17) is 0 Å². The minimum absolute atomic E-state index is 0.409. The Kier molecular flexibility index (Phi) is 4.18. The van der Waals surface area contributed by atoms with Gasteiger partial charge in [0.05, 0.1) is 5.56 Å². The Balaban J connectivity index is 1.69. The summed E-state index contributed by atoms with van der Waals surface area (Å²) in [6.45, 7) is 1.90. The van der Waals surface area contributed by atoms with E-state index in [9.17, 15) is 9.90 Å². The third-order valence-electron chi connectivity index (χ3n) is 5.46. The molecule has 3 nitrogen and oxygen atoms in total. The number of carboxylic acid groups (broad SMARTS) is 1. The van der Waals surface area contributed by atoms with E-state index in [0.717, 1.165) is 23.1 Å². The highest BCUT2D eigenvalue weighted by Gasteiger charge is 2.32. The largest absolute Gasteiger partial charge is 0.478 e. The van der Waals surface area contributed by atoms with Crippen LogP contribution < -0.4 is 5.32 Å². The molecule has 1 aromatic rings. The van der Waals surface area contributed by atoms with E-state index in [2.05, 4.69) is 5.32 Å². The Morgan fingerprint density at radius 2 is 1.90 bits per heavy atom. The van der Waals surface area contributed by atoms with Crippen molar-refractivity contribution in [1.82, 2.24) is 0 Å². The number of hydrogen-bond acceptors (Lipinski definition) is 2. The maximum Gasteiger partial charge on any atom is 0.336 e. The normalized spacial score (nSPS) is 28.7. The lowest BCUT2D eigenvalue weighted by atomic mass is 9.69. The van der Waals surface area contributed by atoms with Crippen molar-refractivity contribution in [1.29, 1.82) is 0 Å². The van der Waals surface area contributed by atoms with Gasteiger partial charge in [0.25, 0.3) is 0 Å². The molecule has 0 saturated heterocycles. The maximum atomic E-state index is 11.2. The van der Waals surface area contributed by atoms with Crippen LogP contribution in [-0.2, 0) is 0 Å². The van der Waals surface area contributed by atoms with E-state index in [-0.39, 0.29) is 0 Å². The van der Waals surface area contributed by atoms with Crippen molar-refractivity contribution in [2.75, 3.05) is 5.32 Å². The number of carbonyl (C=O) groups is 1. The molecule has 3 rings (SSSR count). The van der Waals surface area contributed by atoms with Crippen LogP contribution in [0, 0.1) is 18.8 Å². The molecule has 21 heavy (non-hydrogen) atoms. The number of nitrogens with one attached hydrogen (secondary N) is 1. The van der Waals surface area contributed by atoms with Crippen molar-refractivity contribution >= 4 is 11.7 Å². The second-order valence-corrected chi connectivity index (χ2v) is 6.74. The molecule has 0 spiro atoms. The molecular formula is C18H25NO2. The van der Waals surface area contributed by atoms with Crippen LogP contribution in [0.3, 0.4) is 0 Å². The zero-order valence-corrected chi connectivity index (χ0v) is 12.8. The first kappa shape index (κ1) is 14.4. The molecule has 2 aliphatic rings. The van der Waals surface area contributed by atoms with Crippen molar-refractivity contribution in [3.63, 3.8) is 0 Å². The molecule has 0 radical (unpaired) electrons. The molecule has 0 bridgehead atoms. The fourth-order valence-corrected chi connectivity index (χ4v) is 4.25. The van der Waals surface area contributed by atoms with Gasteiger partial charge in [-0.25, -0.2) is 4.79 Å². The molecule has 0 aliphatic heterocycles. The van der Waals surface area contributed by atoms with Crippen molar-refractivity contribution in [2.24, 2.45) is 11.8 Å². The van der Waals surface area contributed by atoms with Crippen LogP contribution in [0.2, 0.25) is 0 Å². The van der Waals surface area contributed by atoms with Crippen LogP contribution in [-0.4, -0.2) is 17.1 Å². The Morgan fingerprint density at radius 1 is 1.14 bits per heavy atom. The highest BCUT2D eigenvalue weighted by atomic mass is 16.4. The van der Waals surface area contributed by atoms with Gasteiger partial charge in [0.2, 0.25) is 0 Å². The molecule has 2 fully saturated rings. The molecule has 2 saturated carbocycles. The van der Waals surface area contributed by atoms with Gasteiger partial charge in [-0.3, -0.25) is 0 Å². The fraction of sp³-hybridized carbons (Fsp3) is 0.611. The number of hydrogen-bond donors (Lipinski definition) is 2. The smallest absolute Gasteiger partial charge is 0.336 e.